The van der Waals surface area contributed by atoms with Gasteiger partial charge in [0.05, 0.1) is 5.41 Å². The first-order chi connectivity index (χ1) is 10.8. The lowest BCUT2D eigenvalue weighted by Crippen LogP contribution is -2.26. The summed E-state index contributed by atoms with van der Waals surface area (Å²) in [5.41, 5.74) is 2.81. The van der Waals surface area contributed by atoms with Crippen molar-refractivity contribution in [1.82, 2.24) is 0 Å². The molecule has 2 aromatic rings. The third kappa shape index (κ3) is 2.44. The zero-order chi connectivity index (χ0) is 15.4. The van der Waals surface area contributed by atoms with E-state index in [9.17, 15) is 9.59 Å². The molecule has 1 aliphatic carbocycles. The van der Waals surface area contributed by atoms with Gasteiger partial charge in [0.25, 0.3) is 0 Å². The first kappa shape index (κ1) is 14.2. The molecule has 0 N–H and O–H groups in total. The van der Waals surface area contributed by atoms with Crippen molar-refractivity contribution in [1.29, 1.82) is 0 Å². The highest BCUT2D eigenvalue weighted by Gasteiger charge is 2.31. The predicted molar refractivity (Wildman–Crippen MR) is 87.9 cm³/mol. The van der Waals surface area contributed by atoms with E-state index < -0.39 is 5.41 Å². The number of aldehydes is 2. The van der Waals surface area contributed by atoms with E-state index in [2.05, 4.69) is 0 Å². The van der Waals surface area contributed by atoms with Crippen molar-refractivity contribution in [3.8, 4) is 11.1 Å². The van der Waals surface area contributed by atoms with Gasteiger partial charge in [-0.05, 0) is 29.2 Å². The van der Waals surface area contributed by atoms with Gasteiger partial charge in [-0.2, -0.15) is 0 Å². The molecule has 0 radical (unpaired) electrons. The second kappa shape index (κ2) is 5.94. The molecular formula is C20H16O2. The van der Waals surface area contributed by atoms with Crippen molar-refractivity contribution < 1.29 is 9.59 Å². The Labute approximate surface area is 129 Å². The van der Waals surface area contributed by atoms with Gasteiger partial charge in [-0.25, -0.2) is 0 Å². The molecule has 2 nitrogen and oxygen atoms in total. The Morgan fingerprint density at radius 1 is 0.955 bits per heavy atom. The second-order valence-electron chi connectivity index (χ2n) is 5.44. The first-order valence-electron chi connectivity index (χ1n) is 7.25. The minimum Gasteiger partial charge on any atom is -0.302 e. The normalized spacial score (nSPS) is 19.8. The number of hydrogen-bond acceptors (Lipinski definition) is 2. The fraction of sp³-hybridized carbons (Fsp3) is 0.100. The summed E-state index contributed by atoms with van der Waals surface area (Å²) in [7, 11) is 0. The zero-order valence-corrected chi connectivity index (χ0v) is 12.1. The maximum absolute atomic E-state index is 11.9. The van der Waals surface area contributed by atoms with Crippen molar-refractivity contribution in [3.05, 3.63) is 84.0 Å². The van der Waals surface area contributed by atoms with E-state index in [1.807, 2.05) is 66.8 Å². The topological polar surface area (TPSA) is 34.1 Å². The van der Waals surface area contributed by atoms with Crippen LogP contribution in [0.4, 0.5) is 0 Å². The molecule has 108 valence electrons. The molecule has 0 aliphatic heterocycles. The average Bonchev–Trinajstić information content (AvgIpc) is 2.62. The standard InChI is InChI=1S/C20H16O2/c21-14-16-9-10-19(20(15-22)11-5-2-6-12-20)18(13-16)17-7-3-1-4-8-17/h1-11,13-15H,12H2. The summed E-state index contributed by atoms with van der Waals surface area (Å²) in [6, 6.07) is 15.4. The fourth-order valence-electron chi connectivity index (χ4n) is 2.89. The molecule has 0 amide bonds. The molecule has 1 atom stereocenters. The van der Waals surface area contributed by atoms with Crippen LogP contribution in [-0.4, -0.2) is 12.6 Å². The van der Waals surface area contributed by atoms with Gasteiger partial charge in [-0.3, -0.25) is 4.79 Å². The molecule has 0 aromatic heterocycles. The molecule has 0 bridgehead atoms. The zero-order valence-electron chi connectivity index (χ0n) is 12.1. The molecule has 0 saturated carbocycles. The third-order valence-electron chi connectivity index (χ3n) is 4.07. The summed E-state index contributed by atoms with van der Waals surface area (Å²) < 4.78 is 0. The second-order valence-corrected chi connectivity index (χ2v) is 5.44. The Kier molecular flexibility index (Phi) is 3.84. The highest BCUT2D eigenvalue weighted by Crippen LogP contribution is 2.37. The molecule has 0 fully saturated rings. The van der Waals surface area contributed by atoms with Crippen LogP contribution in [0.5, 0.6) is 0 Å². The van der Waals surface area contributed by atoms with Crippen molar-refractivity contribution in [2.75, 3.05) is 0 Å². The number of allylic oxidation sites excluding steroid dienone is 4. The average molecular weight is 288 g/mol. The van der Waals surface area contributed by atoms with Crippen molar-refractivity contribution in [3.63, 3.8) is 0 Å². The van der Waals surface area contributed by atoms with Crippen LogP contribution in [0.2, 0.25) is 0 Å². The van der Waals surface area contributed by atoms with E-state index in [-0.39, 0.29) is 0 Å². The van der Waals surface area contributed by atoms with Crippen LogP contribution >= 0.6 is 0 Å². The Bertz CT molecular complexity index is 757. The lowest BCUT2D eigenvalue weighted by molar-refractivity contribution is -0.111. The van der Waals surface area contributed by atoms with Gasteiger partial charge in [0, 0.05) is 5.56 Å². The van der Waals surface area contributed by atoms with Crippen LogP contribution < -0.4 is 0 Å². The molecule has 3 rings (SSSR count). The predicted octanol–water partition coefficient (Wildman–Crippen LogP) is 4.12. The minimum absolute atomic E-state index is 0.610. The summed E-state index contributed by atoms with van der Waals surface area (Å²) in [6.07, 6.45) is 10.2. The first-order valence-corrected chi connectivity index (χ1v) is 7.25. The van der Waals surface area contributed by atoms with Crippen molar-refractivity contribution in [2.24, 2.45) is 0 Å². The van der Waals surface area contributed by atoms with E-state index in [1.165, 1.54) is 0 Å². The van der Waals surface area contributed by atoms with Gasteiger partial charge in [-0.15, -0.1) is 0 Å². The summed E-state index contributed by atoms with van der Waals surface area (Å²) in [5.74, 6) is 0. The summed E-state index contributed by atoms with van der Waals surface area (Å²) in [4.78, 5) is 23.0. The van der Waals surface area contributed by atoms with Crippen molar-refractivity contribution in [2.45, 2.75) is 11.8 Å². The molecule has 0 heterocycles. The Morgan fingerprint density at radius 2 is 1.77 bits per heavy atom. The van der Waals surface area contributed by atoms with Gasteiger partial charge >= 0.3 is 0 Å². The van der Waals surface area contributed by atoms with E-state index >= 15 is 0 Å². The minimum atomic E-state index is -0.665. The van der Waals surface area contributed by atoms with E-state index in [0.717, 1.165) is 29.3 Å². The number of carbonyl (C=O) groups is 2. The Morgan fingerprint density at radius 3 is 2.41 bits per heavy atom. The van der Waals surface area contributed by atoms with Crippen LogP contribution in [0.1, 0.15) is 22.3 Å². The molecule has 0 saturated heterocycles. The SMILES string of the molecule is O=Cc1ccc(C2(C=O)C=CC=CC2)c(-c2ccccc2)c1. The van der Waals surface area contributed by atoms with Crippen LogP contribution in [0, 0.1) is 0 Å². The largest absolute Gasteiger partial charge is 0.302 e. The molecule has 2 aromatic carbocycles. The smallest absolute Gasteiger partial charge is 0.150 e. The van der Waals surface area contributed by atoms with Gasteiger partial charge in [-0.1, -0.05) is 66.8 Å². The number of rotatable bonds is 4. The van der Waals surface area contributed by atoms with Crippen LogP contribution in [0.25, 0.3) is 11.1 Å². The monoisotopic (exact) mass is 288 g/mol. The van der Waals surface area contributed by atoms with E-state index in [4.69, 9.17) is 0 Å². The third-order valence-corrected chi connectivity index (χ3v) is 4.07. The lowest BCUT2D eigenvalue weighted by atomic mass is 9.73. The molecule has 1 unspecified atom stereocenters. The summed E-state index contributed by atoms with van der Waals surface area (Å²) in [5, 5.41) is 0. The molecule has 2 heteroatoms. The maximum Gasteiger partial charge on any atom is 0.150 e. The summed E-state index contributed by atoms with van der Waals surface area (Å²) in [6.45, 7) is 0. The number of hydrogen-bond donors (Lipinski definition) is 0. The lowest BCUT2D eigenvalue weighted by Gasteiger charge is -2.28. The highest BCUT2D eigenvalue weighted by molar-refractivity contribution is 5.85. The molecular weight excluding hydrogens is 272 g/mol. The highest BCUT2D eigenvalue weighted by atomic mass is 16.1. The van der Waals surface area contributed by atoms with Crippen LogP contribution in [0.3, 0.4) is 0 Å². The molecule has 0 spiro atoms. The van der Waals surface area contributed by atoms with Crippen LogP contribution in [0.15, 0.2) is 72.8 Å². The Balaban J connectivity index is 2.23. The molecule has 22 heavy (non-hydrogen) atoms. The number of carbonyl (C=O) groups excluding carboxylic acids is 2. The Hall–Kier alpha value is -2.74. The van der Waals surface area contributed by atoms with Gasteiger partial charge in [0.2, 0.25) is 0 Å². The number of benzene rings is 2. The summed E-state index contributed by atoms with van der Waals surface area (Å²) >= 11 is 0. The van der Waals surface area contributed by atoms with Gasteiger partial charge < -0.3 is 4.79 Å². The fourth-order valence-corrected chi connectivity index (χ4v) is 2.89. The quantitative estimate of drug-likeness (QED) is 0.793. The maximum atomic E-state index is 11.9. The van der Waals surface area contributed by atoms with E-state index in [0.29, 0.717) is 12.0 Å². The van der Waals surface area contributed by atoms with Gasteiger partial charge in [0.15, 0.2) is 0 Å². The molecule has 1 aliphatic rings. The van der Waals surface area contributed by atoms with Crippen LogP contribution in [-0.2, 0) is 10.2 Å². The van der Waals surface area contributed by atoms with Crippen molar-refractivity contribution >= 4 is 12.6 Å². The van der Waals surface area contributed by atoms with E-state index in [1.54, 1.807) is 6.07 Å². The van der Waals surface area contributed by atoms with Gasteiger partial charge in [0.1, 0.15) is 12.6 Å².